The van der Waals surface area contributed by atoms with Gasteiger partial charge in [0.05, 0.1) is 23.2 Å². The van der Waals surface area contributed by atoms with Crippen LogP contribution in [0.4, 0.5) is 0 Å². The molecule has 0 aliphatic rings. The maximum absolute atomic E-state index is 11.7. The van der Waals surface area contributed by atoms with Gasteiger partial charge in [-0.1, -0.05) is 0 Å². The van der Waals surface area contributed by atoms with Crippen molar-refractivity contribution in [3.8, 4) is 0 Å². The lowest BCUT2D eigenvalue weighted by molar-refractivity contribution is -0.119. The van der Waals surface area contributed by atoms with Crippen LogP contribution in [-0.2, 0) is 16.0 Å². The molecule has 0 fully saturated rings. The monoisotopic (exact) mass is 242 g/mol. The molecule has 0 saturated heterocycles. The molecule has 0 saturated carbocycles. The number of hydrogen-bond donors (Lipinski definition) is 1. The van der Waals surface area contributed by atoms with E-state index in [0.29, 0.717) is 19.4 Å². The third-order valence-electron chi connectivity index (χ3n) is 2.30. The van der Waals surface area contributed by atoms with Crippen LogP contribution in [0, 0.1) is 6.92 Å². The Morgan fingerprint density at radius 3 is 3.00 bits per heavy atom. The number of carbonyl (C=O) groups excluding carboxylic acids is 1. The van der Waals surface area contributed by atoms with Gasteiger partial charge in [-0.05, 0) is 19.8 Å². The fourth-order valence-corrected chi connectivity index (χ4v) is 2.02. The van der Waals surface area contributed by atoms with Crippen LogP contribution in [0.3, 0.4) is 0 Å². The average molecular weight is 242 g/mol. The highest BCUT2D eigenvalue weighted by Crippen LogP contribution is 2.10. The first-order chi connectivity index (χ1) is 7.63. The number of aromatic nitrogens is 1. The number of methoxy groups -OCH3 is 1. The number of ether oxygens (including phenoxy) is 1. The number of ketones is 1. The third kappa shape index (κ3) is 4.38. The number of nitrogens with zero attached hydrogens (tertiary/aromatic N) is 1. The van der Waals surface area contributed by atoms with E-state index in [0.717, 1.165) is 17.1 Å². The molecule has 0 aliphatic heterocycles. The van der Waals surface area contributed by atoms with Gasteiger partial charge in [0.1, 0.15) is 0 Å². The standard InChI is InChI=1S/C11H18N2O2S/c1-8-13-9(7-16-8)6-11(14)10(12)4-3-5-15-2/h7,10H,3-6,12H2,1-2H3. The van der Waals surface area contributed by atoms with Crippen LogP contribution in [0.1, 0.15) is 23.5 Å². The lowest BCUT2D eigenvalue weighted by Gasteiger charge is -2.08. The van der Waals surface area contributed by atoms with E-state index in [1.807, 2.05) is 12.3 Å². The van der Waals surface area contributed by atoms with Crippen molar-refractivity contribution in [3.63, 3.8) is 0 Å². The van der Waals surface area contributed by atoms with Gasteiger partial charge >= 0.3 is 0 Å². The largest absolute Gasteiger partial charge is 0.385 e. The van der Waals surface area contributed by atoms with Crippen LogP contribution in [-0.4, -0.2) is 30.5 Å². The molecular weight excluding hydrogens is 224 g/mol. The summed E-state index contributed by atoms with van der Waals surface area (Å²) >= 11 is 1.56. The topological polar surface area (TPSA) is 65.2 Å². The first kappa shape index (κ1) is 13.3. The number of hydrogen-bond acceptors (Lipinski definition) is 5. The SMILES string of the molecule is COCCCC(N)C(=O)Cc1csc(C)n1. The van der Waals surface area contributed by atoms with Crippen molar-refractivity contribution in [2.24, 2.45) is 5.73 Å². The molecule has 16 heavy (non-hydrogen) atoms. The maximum atomic E-state index is 11.7. The molecule has 1 heterocycles. The van der Waals surface area contributed by atoms with E-state index in [-0.39, 0.29) is 5.78 Å². The van der Waals surface area contributed by atoms with E-state index in [1.54, 1.807) is 18.4 Å². The zero-order valence-electron chi connectivity index (χ0n) is 9.73. The van der Waals surface area contributed by atoms with Crippen LogP contribution in [0.2, 0.25) is 0 Å². The third-order valence-corrected chi connectivity index (χ3v) is 3.12. The van der Waals surface area contributed by atoms with Gasteiger partial charge < -0.3 is 10.5 Å². The second-order valence-electron chi connectivity index (χ2n) is 3.74. The second kappa shape index (κ2) is 6.73. The number of Topliss-reactive ketones (excluding diaryl/α,β-unsaturated/α-hetero) is 1. The Bertz CT molecular complexity index is 338. The summed E-state index contributed by atoms with van der Waals surface area (Å²) in [6.45, 7) is 2.58. The molecule has 1 aromatic heterocycles. The normalized spacial score (nSPS) is 12.7. The Balaban J connectivity index is 2.34. The summed E-state index contributed by atoms with van der Waals surface area (Å²) < 4.78 is 4.92. The summed E-state index contributed by atoms with van der Waals surface area (Å²) in [6.07, 6.45) is 1.84. The van der Waals surface area contributed by atoms with E-state index in [4.69, 9.17) is 10.5 Å². The number of carbonyl (C=O) groups is 1. The van der Waals surface area contributed by atoms with Crippen LogP contribution < -0.4 is 5.73 Å². The van der Waals surface area contributed by atoms with Gasteiger partial charge in [-0.3, -0.25) is 4.79 Å². The molecule has 1 rings (SSSR count). The maximum Gasteiger partial charge on any atom is 0.155 e. The number of nitrogens with two attached hydrogens (primary N) is 1. The summed E-state index contributed by atoms with van der Waals surface area (Å²) in [5.74, 6) is 0.0569. The van der Waals surface area contributed by atoms with Gasteiger partial charge in [0.2, 0.25) is 0 Å². The van der Waals surface area contributed by atoms with Crippen LogP contribution in [0.25, 0.3) is 0 Å². The summed E-state index contributed by atoms with van der Waals surface area (Å²) in [4.78, 5) is 16.0. The van der Waals surface area contributed by atoms with Gasteiger partial charge in [0.15, 0.2) is 5.78 Å². The summed E-state index contributed by atoms with van der Waals surface area (Å²) in [6, 6.07) is -0.392. The molecule has 0 aromatic carbocycles. The summed E-state index contributed by atoms with van der Waals surface area (Å²) in [5.41, 5.74) is 6.61. The summed E-state index contributed by atoms with van der Waals surface area (Å²) in [7, 11) is 1.64. The van der Waals surface area contributed by atoms with Gasteiger partial charge in [-0.2, -0.15) is 0 Å². The van der Waals surface area contributed by atoms with Gasteiger partial charge in [-0.25, -0.2) is 4.98 Å². The van der Waals surface area contributed by atoms with Crippen LogP contribution >= 0.6 is 11.3 Å². The Morgan fingerprint density at radius 2 is 2.44 bits per heavy atom. The lowest BCUT2D eigenvalue weighted by Crippen LogP contribution is -2.32. The lowest BCUT2D eigenvalue weighted by atomic mass is 10.0. The van der Waals surface area contributed by atoms with E-state index < -0.39 is 6.04 Å². The molecule has 0 spiro atoms. The molecule has 0 amide bonds. The molecule has 5 heteroatoms. The summed E-state index contributed by atoms with van der Waals surface area (Å²) in [5, 5.41) is 2.89. The molecule has 4 nitrogen and oxygen atoms in total. The van der Waals surface area contributed by atoms with E-state index >= 15 is 0 Å². The average Bonchev–Trinajstić information content (AvgIpc) is 2.64. The number of rotatable bonds is 7. The minimum Gasteiger partial charge on any atom is -0.385 e. The van der Waals surface area contributed by atoms with Crippen molar-refractivity contribution in [1.29, 1.82) is 0 Å². The Hall–Kier alpha value is -0.780. The predicted octanol–water partition coefficient (Wildman–Crippen LogP) is 1.32. The molecule has 0 radical (unpaired) electrons. The van der Waals surface area contributed by atoms with Crippen LogP contribution in [0.15, 0.2) is 5.38 Å². The highest BCUT2D eigenvalue weighted by molar-refractivity contribution is 7.09. The molecule has 0 bridgehead atoms. The van der Waals surface area contributed by atoms with Crippen molar-refractivity contribution in [2.45, 2.75) is 32.2 Å². The van der Waals surface area contributed by atoms with E-state index in [1.165, 1.54) is 0 Å². The zero-order valence-corrected chi connectivity index (χ0v) is 10.5. The second-order valence-corrected chi connectivity index (χ2v) is 4.80. The van der Waals surface area contributed by atoms with Crippen molar-refractivity contribution in [3.05, 3.63) is 16.1 Å². The molecule has 2 N–H and O–H groups in total. The van der Waals surface area contributed by atoms with Crippen molar-refractivity contribution >= 4 is 17.1 Å². The molecule has 1 atom stereocenters. The number of aryl methyl sites for hydroxylation is 1. The molecule has 1 unspecified atom stereocenters. The molecule has 1 aromatic rings. The van der Waals surface area contributed by atoms with Crippen molar-refractivity contribution < 1.29 is 9.53 Å². The van der Waals surface area contributed by atoms with Gasteiger partial charge in [0.25, 0.3) is 0 Å². The first-order valence-corrected chi connectivity index (χ1v) is 6.19. The van der Waals surface area contributed by atoms with E-state index in [2.05, 4.69) is 4.98 Å². The smallest absolute Gasteiger partial charge is 0.155 e. The van der Waals surface area contributed by atoms with E-state index in [9.17, 15) is 4.79 Å². The minimum atomic E-state index is -0.392. The quantitative estimate of drug-likeness (QED) is 0.732. The fourth-order valence-electron chi connectivity index (χ4n) is 1.41. The predicted molar refractivity (Wildman–Crippen MR) is 64.6 cm³/mol. The van der Waals surface area contributed by atoms with Crippen LogP contribution in [0.5, 0.6) is 0 Å². The van der Waals surface area contributed by atoms with Gasteiger partial charge in [-0.15, -0.1) is 11.3 Å². The molecule has 90 valence electrons. The Labute approximate surface area is 99.8 Å². The first-order valence-electron chi connectivity index (χ1n) is 5.31. The molecule has 0 aliphatic carbocycles. The highest BCUT2D eigenvalue weighted by Gasteiger charge is 2.14. The highest BCUT2D eigenvalue weighted by atomic mass is 32.1. The molecular formula is C11H18N2O2S. The Morgan fingerprint density at radius 1 is 1.69 bits per heavy atom. The van der Waals surface area contributed by atoms with Crippen molar-refractivity contribution in [2.75, 3.05) is 13.7 Å². The fraction of sp³-hybridized carbons (Fsp3) is 0.636. The minimum absolute atomic E-state index is 0.0569. The van der Waals surface area contributed by atoms with Crippen molar-refractivity contribution in [1.82, 2.24) is 4.98 Å². The van der Waals surface area contributed by atoms with Gasteiger partial charge in [0, 0.05) is 19.1 Å². The Kier molecular flexibility index (Phi) is 5.59. The zero-order chi connectivity index (χ0) is 12.0. The number of thiazole rings is 1.